The summed E-state index contributed by atoms with van der Waals surface area (Å²) in [5.41, 5.74) is 0.892. The van der Waals surface area contributed by atoms with Crippen molar-refractivity contribution in [1.29, 1.82) is 0 Å². The molecule has 0 aliphatic carbocycles. The average Bonchev–Trinajstić information content (AvgIpc) is 2.72. The number of rotatable bonds is 8. The summed E-state index contributed by atoms with van der Waals surface area (Å²) in [6.45, 7) is 2.19. The Balaban J connectivity index is 1.53. The Morgan fingerprint density at radius 2 is 1.79 bits per heavy atom. The van der Waals surface area contributed by atoms with Crippen molar-refractivity contribution >= 4 is 28.5 Å². The number of hydrogen-bond acceptors (Lipinski definition) is 6. The van der Waals surface area contributed by atoms with E-state index in [-0.39, 0.29) is 18.5 Å². The molecule has 7 nitrogen and oxygen atoms in total. The molecule has 0 radical (unpaired) electrons. The summed E-state index contributed by atoms with van der Waals surface area (Å²) in [5.74, 6) is -0.340. The van der Waals surface area contributed by atoms with E-state index in [4.69, 9.17) is 13.9 Å². The normalized spacial score (nSPS) is 10.5. The van der Waals surface area contributed by atoms with Gasteiger partial charge in [0, 0.05) is 23.2 Å². The maximum absolute atomic E-state index is 12.1. The Labute approximate surface area is 167 Å². The predicted molar refractivity (Wildman–Crippen MR) is 108 cm³/mol. The number of amides is 1. The number of unbranched alkanes of at least 4 members (excludes halogenated alkanes) is 1. The molecule has 150 valence electrons. The quantitative estimate of drug-likeness (QED) is 0.354. The van der Waals surface area contributed by atoms with Gasteiger partial charge < -0.3 is 19.2 Å². The summed E-state index contributed by atoms with van der Waals surface area (Å²) in [4.78, 5) is 35.3. The number of hydrogen-bond donors (Lipinski definition) is 1. The highest BCUT2D eigenvalue weighted by atomic mass is 16.5. The number of ether oxygens (including phenoxy) is 2. The van der Waals surface area contributed by atoms with Gasteiger partial charge in [0.15, 0.2) is 6.61 Å². The standard InChI is InChI=1S/C22H21NO6/c1-2-3-12-27-22(26)16-4-8-17(9-5-16)23-20(24)14-28-18-10-6-15-7-11-21(25)29-19(15)13-18/h4-11,13H,2-3,12,14H2,1H3,(H,23,24). The van der Waals surface area contributed by atoms with Crippen LogP contribution in [0.5, 0.6) is 5.75 Å². The average molecular weight is 395 g/mol. The fraction of sp³-hybridized carbons (Fsp3) is 0.227. The third-order valence-electron chi connectivity index (χ3n) is 4.10. The van der Waals surface area contributed by atoms with Gasteiger partial charge in [-0.05, 0) is 48.9 Å². The van der Waals surface area contributed by atoms with E-state index in [0.717, 1.165) is 18.2 Å². The van der Waals surface area contributed by atoms with Gasteiger partial charge in [-0.25, -0.2) is 9.59 Å². The molecule has 0 atom stereocenters. The molecule has 3 rings (SSSR count). The molecule has 2 aromatic carbocycles. The highest BCUT2D eigenvalue weighted by Gasteiger charge is 2.09. The smallest absolute Gasteiger partial charge is 0.338 e. The number of anilines is 1. The zero-order chi connectivity index (χ0) is 20.6. The molecule has 0 unspecified atom stereocenters. The Morgan fingerprint density at radius 3 is 2.55 bits per heavy atom. The van der Waals surface area contributed by atoms with Crippen LogP contribution in [0.25, 0.3) is 11.0 Å². The van der Waals surface area contributed by atoms with Gasteiger partial charge in [0.05, 0.1) is 12.2 Å². The number of benzene rings is 2. The molecule has 0 fully saturated rings. The number of carbonyl (C=O) groups excluding carboxylic acids is 2. The molecule has 29 heavy (non-hydrogen) atoms. The van der Waals surface area contributed by atoms with Crippen LogP contribution < -0.4 is 15.7 Å². The van der Waals surface area contributed by atoms with Crippen molar-refractivity contribution in [2.45, 2.75) is 19.8 Å². The van der Waals surface area contributed by atoms with E-state index < -0.39 is 5.63 Å². The number of nitrogens with one attached hydrogen (secondary N) is 1. The summed E-state index contributed by atoms with van der Waals surface area (Å²) in [6, 6.07) is 14.4. The highest BCUT2D eigenvalue weighted by Crippen LogP contribution is 2.19. The van der Waals surface area contributed by atoms with Crippen molar-refractivity contribution in [2.75, 3.05) is 18.5 Å². The van der Waals surface area contributed by atoms with Gasteiger partial charge >= 0.3 is 11.6 Å². The lowest BCUT2D eigenvalue weighted by molar-refractivity contribution is -0.118. The minimum absolute atomic E-state index is 0.219. The van der Waals surface area contributed by atoms with Gasteiger partial charge in [0.2, 0.25) is 0 Å². The van der Waals surface area contributed by atoms with Crippen LogP contribution in [-0.2, 0) is 9.53 Å². The molecule has 0 aliphatic heterocycles. The monoisotopic (exact) mass is 395 g/mol. The fourth-order valence-electron chi connectivity index (χ4n) is 2.56. The fourth-order valence-corrected chi connectivity index (χ4v) is 2.56. The maximum Gasteiger partial charge on any atom is 0.338 e. The van der Waals surface area contributed by atoms with E-state index in [1.807, 2.05) is 6.92 Å². The molecule has 3 aromatic rings. The Hall–Kier alpha value is -3.61. The second kappa shape index (κ2) is 9.54. The summed E-state index contributed by atoms with van der Waals surface area (Å²) >= 11 is 0. The second-order valence-corrected chi connectivity index (χ2v) is 6.36. The second-order valence-electron chi connectivity index (χ2n) is 6.36. The van der Waals surface area contributed by atoms with Crippen molar-refractivity contribution in [3.05, 3.63) is 70.6 Å². The van der Waals surface area contributed by atoms with Crippen molar-refractivity contribution in [2.24, 2.45) is 0 Å². The molecule has 0 bridgehead atoms. The summed E-state index contributed by atoms with van der Waals surface area (Å²) in [7, 11) is 0. The van der Waals surface area contributed by atoms with E-state index in [0.29, 0.717) is 29.2 Å². The first-order valence-electron chi connectivity index (χ1n) is 9.29. The Morgan fingerprint density at radius 1 is 1.03 bits per heavy atom. The molecule has 0 spiro atoms. The van der Waals surface area contributed by atoms with Gasteiger partial charge in [-0.2, -0.15) is 0 Å². The highest BCUT2D eigenvalue weighted by molar-refractivity contribution is 5.93. The van der Waals surface area contributed by atoms with Gasteiger partial charge in [-0.1, -0.05) is 13.3 Å². The topological polar surface area (TPSA) is 94.8 Å². The molecule has 0 saturated carbocycles. The van der Waals surface area contributed by atoms with Crippen LogP contribution in [0.4, 0.5) is 5.69 Å². The van der Waals surface area contributed by atoms with Crippen LogP contribution in [0.3, 0.4) is 0 Å². The molecule has 0 saturated heterocycles. The Kier molecular flexibility index (Phi) is 6.63. The molecule has 7 heteroatoms. The first kappa shape index (κ1) is 20.1. The lowest BCUT2D eigenvalue weighted by atomic mass is 10.2. The zero-order valence-electron chi connectivity index (χ0n) is 16.0. The lowest BCUT2D eigenvalue weighted by Crippen LogP contribution is -2.20. The zero-order valence-corrected chi connectivity index (χ0v) is 16.0. The summed E-state index contributed by atoms with van der Waals surface area (Å²) in [6.07, 6.45) is 1.78. The van der Waals surface area contributed by atoms with Crippen LogP contribution in [0.2, 0.25) is 0 Å². The molecular weight excluding hydrogens is 374 g/mol. The summed E-state index contributed by atoms with van der Waals surface area (Å²) < 4.78 is 15.7. The number of carbonyl (C=O) groups is 2. The SMILES string of the molecule is CCCCOC(=O)c1ccc(NC(=O)COc2ccc3ccc(=O)oc3c2)cc1. The molecule has 1 amide bonds. The van der Waals surface area contributed by atoms with Crippen LogP contribution in [-0.4, -0.2) is 25.1 Å². The third kappa shape index (κ3) is 5.68. The number of fused-ring (bicyclic) bond motifs is 1. The van der Waals surface area contributed by atoms with Gasteiger partial charge in [0.25, 0.3) is 5.91 Å². The molecule has 1 N–H and O–H groups in total. The van der Waals surface area contributed by atoms with E-state index >= 15 is 0 Å². The van der Waals surface area contributed by atoms with Crippen molar-refractivity contribution in [3.63, 3.8) is 0 Å². The van der Waals surface area contributed by atoms with Crippen LogP contribution >= 0.6 is 0 Å². The Bertz CT molecular complexity index is 1050. The predicted octanol–water partition coefficient (Wildman–Crippen LogP) is 3.77. The van der Waals surface area contributed by atoms with Crippen molar-refractivity contribution in [1.82, 2.24) is 0 Å². The minimum Gasteiger partial charge on any atom is -0.484 e. The molecule has 1 aromatic heterocycles. The molecular formula is C22H21NO6. The van der Waals surface area contributed by atoms with Crippen molar-refractivity contribution in [3.8, 4) is 5.75 Å². The first-order valence-corrected chi connectivity index (χ1v) is 9.29. The van der Waals surface area contributed by atoms with Gasteiger partial charge in [-0.15, -0.1) is 0 Å². The summed E-state index contributed by atoms with van der Waals surface area (Å²) in [5, 5.41) is 3.45. The maximum atomic E-state index is 12.1. The van der Waals surface area contributed by atoms with E-state index in [1.54, 1.807) is 48.5 Å². The molecule has 0 aliphatic rings. The van der Waals surface area contributed by atoms with Crippen molar-refractivity contribution < 1.29 is 23.5 Å². The third-order valence-corrected chi connectivity index (χ3v) is 4.10. The first-order chi connectivity index (χ1) is 14.0. The van der Waals surface area contributed by atoms with E-state index in [2.05, 4.69) is 5.32 Å². The largest absolute Gasteiger partial charge is 0.484 e. The minimum atomic E-state index is -0.454. The van der Waals surface area contributed by atoms with E-state index in [1.165, 1.54) is 6.07 Å². The van der Waals surface area contributed by atoms with Gasteiger partial charge in [0.1, 0.15) is 11.3 Å². The molecule has 1 heterocycles. The van der Waals surface area contributed by atoms with Crippen LogP contribution in [0, 0.1) is 0 Å². The van der Waals surface area contributed by atoms with E-state index in [9.17, 15) is 14.4 Å². The van der Waals surface area contributed by atoms with Gasteiger partial charge in [-0.3, -0.25) is 4.79 Å². The lowest BCUT2D eigenvalue weighted by Gasteiger charge is -2.09. The van der Waals surface area contributed by atoms with Crippen LogP contribution in [0.15, 0.2) is 63.8 Å². The van der Waals surface area contributed by atoms with Crippen LogP contribution in [0.1, 0.15) is 30.1 Å². The number of esters is 1.